The van der Waals surface area contributed by atoms with Crippen molar-refractivity contribution in [3.05, 3.63) is 39.1 Å². The van der Waals surface area contributed by atoms with Crippen molar-refractivity contribution in [2.45, 2.75) is 12.5 Å². The van der Waals surface area contributed by atoms with E-state index in [9.17, 15) is 5.11 Å². The van der Waals surface area contributed by atoms with Gasteiger partial charge in [0.05, 0.1) is 16.2 Å². The highest BCUT2D eigenvalue weighted by atomic mass is 79.9. The van der Waals surface area contributed by atoms with Crippen LogP contribution in [0.1, 0.15) is 16.7 Å². The van der Waals surface area contributed by atoms with E-state index in [2.05, 4.69) is 20.9 Å². The summed E-state index contributed by atoms with van der Waals surface area (Å²) in [6.45, 7) is 0. The summed E-state index contributed by atoms with van der Waals surface area (Å²) in [5, 5.41) is 9.82. The van der Waals surface area contributed by atoms with E-state index < -0.39 is 6.10 Å². The second-order valence-corrected chi connectivity index (χ2v) is 4.65. The maximum atomic E-state index is 9.82. The predicted molar refractivity (Wildman–Crippen MR) is 57.2 cm³/mol. The third-order valence-corrected chi connectivity index (χ3v) is 3.28. The highest BCUT2D eigenvalue weighted by Crippen LogP contribution is 2.27. The van der Waals surface area contributed by atoms with Crippen molar-refractivity contribution in [3.8, 4) is 0 Å². The Labute approximate surface area is 93.5 Å². The number of aliphatic hydroxyl groups is 1. The molecule has 5 heteroatoms. The average Bonchev–Trinajstić information content (AvgIpc) is 2.75. The lowest BCUT2D eigenvalue weighted by Crippen LogP contribution is -1.99. The third-order valence-electron chi connectivity index (χ3n) is 1.83. The van der Waals surface area contributed by atoms with E-state index in [1.54, 1.807) is 24.0 Å². The van der Waals surface area contributed by atoms with E-state index in [4.69, 9.17) is 4.42 Å². The molecule has 74 valence electrons. The fourth-order valence-electron chi connectivity index (χ4n) is 1.17. The van der Waals surface area contributed by atoms with Crippen LogP contribution >= 0.6 is 27.3 Å². The zero-order valence-electron chi connectivity index (χ0n) is 7.18. The minimum absolute atomic E-state index is 0.538. The van der Waals surface area contributed by atoms with Crippen LogP contribution in [0, 0.1) is 0 Å². The maximum absolute atomic E-state index is 9.82. The van der Waals surface area contributed by atoms with Gasteiger partial charge in [0.2, 0.25) is 0 Å². The molecular formula is C9H8BrNO2S. The largest absolute Gasteiger partial charge is 0.465 e. The second-order valence-electron chi connectivity index (χ2n) is 2.82. The van der Waals surface area contributed by atoms with Crippen molar-refractivity contribution in [3.63, 3.8) is 0 Å². The fourth-order valence-corrected chi connectivity index (χ4v) is 2.27. The minimum Gasteiger partial charge on any atom is -0.465 e. The Bertz CT molecular complexity index is 399. The molecule has 14 heavy (non-hydrogen) atoms. The first-order valence-electron chi connectivity index (χ1n) is 4.05. The molecule has 2 aromatic rings. The fraction of sp³-hybridized carbons (Fsp3) is 0.222. The summed E-state index contributed by atoms with van der Waals surface area (Å²) in [6.07, 6.45) is 3.23. The van der Waals surface area contributed by atoms with Gasteiger partial charge in [-0.2, -0.15) is 0 Å². The van der Waals surface area contributed by atoms with E-state index in [0.717, 1.165) is 9.35 Å². The van der Waals surface area contributed by atoms with Gasteiger partial charge in [-0.3, -0.25) is 4.98 Å². The van der Waals surface area contributed by atoms with Crippen LogP contribution in [0.5, 0.6) is 0 Å². The van der Waals surface area contributed by atoms with Crippen LogP contribution in [0.4, 0.5) is 0 Å². The van der Waals surface area contributed by atoms with Crippen LogP contribution in [-0.2, 0) is 6.42 Å². The van der Waals surface area contributed by atoms with Crippen LogP contribution in [0.2, 0.25) is 0 Å². The zero-order valence-corrected chi connectivity index (χ0v) is 9.59. The van der Waals surface area contributed by atoms with Gasteiger partial charge < -0.3 is 9.52 Å². The first-order chi connectivity index (χ1) is 6.77. The van der Waals surface area contributed by atoms with Gasteiger partial charge in [0, 0.05) is 17.5 Å². The van der Waals surface area contributed by atoms with E-state index in [0.29, 0.717) is 12.2 Å². The number of thiazole rings is 1. The van der Waals surface area contributed by atoms with E-state index in [1.165, 1.54) is 11.3 Å². The van der Waals surface area contributed by atoms with Gasteiger partial charge in [0.25, 0.3) is 0 Å². The number of furan rings is 1. The number of aromatic nitrogens is 1. The minimum atomic E-state index is -0.611. The molecule has 0 radical (unpaired) electrons. The molecule has 1 unspecified atom stereocenters. The quantitative estimate of drug-likeness (QED) is 0.936. The number of nitrogens with zero attached hydrogens (tertiary/aromatic N) is 1. The number of hydrogen-bond donors (Lipinski definition) is 1. The molecule has 2 rings (SSSR count). The van der Waals surface area contributed by atoms with E-state index in [1.807, 2.05) is 0 Å². The summed E-state index contributed by atoms with van der Waals surface area (Å²) in [4.78, 5) is 4.99. The van der Waals surface area contributed by atoms with Crippen LogP contribution in [0.3, 0.4) is 0 Å². The number of rotatable bonds is 3. The van der Waals surface area contributed by atoms with Crippen molar-refractivity contribution in [2.75, 3.05) is 0 Å². The molecule has 0 bridgehead atoms. The highest BCUT2D eigenvalue weighted by molar-refractivity contribution is 9.10. The number of aliphatic hydroxyl groups excluding tert-OH is 1. The topological polar surface area (TPSA) is 46.3 Å². The molecular weight excluding hydrogens is 266 g/mol. The Balaban J connectivity index is 2.10. The Hall–Kier alpha value is -0.650. The van der Waals surface area contributed by atoms with Crippen LogP contribution in [-0.4, -0.2) is 10.1 Å². The zero-order chi connectivity index (χ0) is 9.97. The molecule has 1 atom stereocenters. The summed E-state index contributed by atoms with van der Waals surface area (Å²) in [6, 6.07) is 1.77. The summed E-state index contributed by atoms with van der Waals surface area (Å²) in [5.41, 5.74) is 1.75. The summed E-state index contributed by atoms with van der Waals surface area (Å²) >= 11 is 4.83. The Morgan fingerprint density at radius 2 is 2.50 bits per heavy atom. The molecule has 2 aromatic heterocycles. The average molecular weight is 274 g/mol. The lowest BCUT2D eigenvalue weighted by molar-refractivity contribution is 0.150. The van der Waals surface area contributed by atoms with Gasteiger partial charge in [-0.05, 0) is 22.0 Å². The standard InChI is InChI=1S/C9H8BrNO2S/c10-7-1-2-13-9(7)8(12)3-6-4-11-5-14-6/h1-2,4-5,8,12H,3H2. The molecule has 0 amide bonds. The van der Waals surface area contributed by atoms with Crippen LogP contribution in [0.15, 0.2) is 32.9 Å². The van der Waals surface area contributed by atoms with Crippen LogP contribution < -0.4 is 0 Å². The molecule has 1 N–H and O–H groups in total. The molecule has 2 heterocycles. The van der Waals surface area contributed by atoms with Crippen molar-refractivity contribution in [1.29, 1.82) is 0 Å². The van der Waals surface area contributed by atoms with E-state index in [-0.39, 0.29) is 0 Å². The molecule has 0 spiro atoms. The monoisotopic (exact) mass is 273 g/mol. The maximum Gasteiger partial charge on any atom is 0.146 e. The van der Waals surface area contributed by atoms with Crippen molar-refractivity contribution in [1.82, 2.24) is 4.98 Å². The summed E-state index contributed by atoms with van der Waals surface area (Å²) in [7, 11) is 0. The van der Waals surface area contributed by atoms with Crippen molar-refractivity contribution >= 4 is 27.3 Å². The van der Waals surface area contributed by atoms with Crippen LogP contribution in [0.25, 0.3) is 0 Å². The SMILES string of the molecule is OC(Cc1cncs1)c1occc1Br. The smallest absolute Gasteiger partial charge is 0.146 e. The Kier molecular flexibility index (Phi) is 3.00. The van der Waals surface area contributed by atoms with E-state index >= 15 is 0 Å². The van der Waals surface area contributed by atoms with Gasteiger partial charge in [-0.15, -0.1) is 11.3 Å². The predicted octanol–water partition coefficient (Wildman–Crippen LogP) is 2.77. The Morgan fingerprint density at radius 1 is 1.64 bits per heavy atom. The molecule has 0 aliphatic heterocycles. The lowest BCUT2D eigenvalue weighted by Gasteiger charge is -2.05. The first-order valence-corrected chi connectivity index (χ1v) is 5.73. The van der Waals surface area contributed by atoms with Crippen molar-refractivity contribution in [2.24, 2.45) is 0 Å². The van der Waals surface area contributed by atoms with Gasteiger partial charge in [0.1, 0.15) is 11.9 Å². The normalized spacial score (nSPS) is 13.0. The summed E-state index contributed by atoms with van der Waals surface area (Å²) < 4.78 is 5.96. The second kappa shape index (κ2) is 4.25. The van der Waals surface area contributed by atoms with Gasteiger partial charge in [-0.25, -0.2) is 0 Å². The third kappa shape index (κ3) is 2.05. The molecule has 0 aromatic carbocycles. The first kappa shape index (κ1) is 9.89. The molecule has 3 nitrogen and oxygen atoms in total. The van der Waals surface area contributed by atoms with Gasteiger partial charge in [0.15, 0.2) is 0 Å². The highest BCUT2D eigenvalue weighted by Gasteiger charge is 2.15. The lowest BCUT2D eigenvalue weighted by atomic mass is 10.2. The van der Waals surface area contributed by atoms with Crippen molar-refractivity contribution < 1.29 is 9.52 Å². The molecule has 0 fully saturated rings. The molecule has 0 aliphatic carbocycles. The van der Waals surface area contributed by atoms with Gasteiger partial charge in [-0.1, -0.05) is 0 Å². The van der Waals surface area contributed by atoms with Gasteiger partial charge >= 0.3 is 0 Å². The molecule has 0 saturated heterocycles. The molecule has 0 saturated carbocycles. The number of hydrogen-bond acceptors (Lipinski definition) is 4. The molecule has 0 aliphatic rings. The number of halogens is 1. The Morgan fingerprint density at radius 3 is 3.07 bits per heavy atom. The summed E-state index contributed by atoms with van der Waals surface area (Å²) in [5.74, 6) is 0.568.